The molecule has 1 N–H and O–H groups in total. The minimum absolute atomic E-state index is 0.700. The molecule has 1 aromatic heterocycles. The van der Waals surface area contributed by atoms with E-state index in [1.807, 2.05) is 24.3 Å². The van der Waals surface area contributed by atoms with Gasteiger partial charge in [0.1, 0.15) is 5.82 Å². The number of anilines is 1. The molecule has 2 rings (SSSR count). The number of nitrogens with one attached hydrogen (secondary N) is 1. The smallest absolute Gasteiger partial charge is 0.161 e. The maximum atomic E-state index is 6.05. The first-order chi connectivity index (χ1) is 9.65. The molecule has 3 nitrogen and oxygen atoms in total. The van der Waals surface area contributed by atoms with Crippen molar-refractivity contribution in [2.75, 3.05) is 11.9 Å². The Morgan fingerprint density at radius 1 is 1.25 bits per heavy atom. The lowest BCUT2D eigenvalue weighted by Gasteiger charge is -2.12. The highest BCUT2D eigenvalue weighted by Gasteiger charge is 2.12. The van der Waals surface area contributed by atoms with Gasteiger partial charge in [-0.05, 0) is 47.6 Å². The zero-order valence-electron chi connectivity index (χ0n) is 11.6. The average molecular weight is 402 g/mol. The van der Waals surface area contributed by atoms with Gasteiger partial charge in [-0.1, -0.05) is 37.6 Å². The summed E-state index contributed by atoms with van der Waals surface area (Å²) in [6, 6.07) is 7.66. The van der Waals surface area contributed by atoms with Gasteiger partial charge in [0.15, 0.2) is 5.82 Å². The predicted molar refractivity (Wildman–Crippen MR) is 93.4 cm³/mol. The summed E-state index contributed by atoms with van der Waals surface area (Å²) in [5.74, 6) is 1.64. The number of benzene rings is 1. The third kappa shape index (κ3) is 3.61. The molecule has 0 aliphatic carbocycles. The maximum Gasteiger partial charge on any atom is 0.161 e. The lowest BCUT2D eigenvalue weighted by atomic mass is 10.2. The molecule has 0 amide bonds. The molecule has 0 saturated heterocycles. The van der Waals surface area contributed by atoms with Gasteiger partial charge in [-0.25, -0.2) is 9.97 Å². The number of hydrogen-bond donors (Lipinski definition) is 1. The van der Waals surface area contributed by atoms with Crippen LogP contribution in [0.2, 0.25) is 5.02 Å². The molecule has 0 saturated carbocycles. The molecule has 0 bridgehead atoms. The summed E-state index contributed by atoms with van der Waals surface area (Å²) in [4.78, 5) is 9.30. The van der Waals surface area contributed by atoms with Crippen LogP contribution in [0.15, 0.2) is 24.3 Å². The summed E-state index contributed by atoms with van der Waals surface area (Å²) in [5, 5.41) is 4.07. The fraction of sp³-hybridized carbons (Fsp3) is 0.333. The van der Waals surface area contributed by atoms with E-state index >= 15 is 0 Å². The van der Waals surface area contributed by atoms with E-state index in [0.29, 0.717) is 5.02 Å². The zero-order valence-corrected chi connectivity index (χ0v) is 14.5. The van der Waals surface area contributed by atoms with E-state index < -0.39 is 0 Å². The van der Waals surface area contributed by atoms with Gasteiger partial charge in [0, 0.05) is 17.1 Å². The molecular formula is C15H17ClIN3. The second-order valence-electron chi connectivity index (χ2n) is 4.45. The summed E-state index contributed by atoms with van der Waals surface area (Å²) in [7, 11) is 0. The molecule has 20 heavy (non-hydrogen) atoms. The fourth-order valence-electron chi connectivity index (χ4n) is 1.85. The molecule has 1 aromatic carbocycles. The molecule has 1 heterocycles. The van der Waals surface area contributed by atoms with Crippen molar-refractivity contribution in [3.63, 3.8) is 0 Å². The first kappa shape index (κ1) is 15.5. The van der Waals surface area contributed by atoms with Crippen LogP contribution in [-0.4, -0.2) is 16.5 Å². The Kier molecular flexibility index (Phi) is 5.60. The van der Waals surface area contributed by atoms with Crippen LogP contribution in [0.4, 0.5) is 5.82 Å². The summed E-state index contributed by atoms with van der Waals surface area (Å²) in [5.41, 5.74) is 2.01. The Morgan fingerprint density at radius 2 is 2.05 bits per heavy atom. The molecule has 0 aliphatic heterocycles. The standard InChI is InChI=1S/C15H17ClIN3/c1-3-8-18-15-13(17)12(4-2)19-14(20-15)10-6-5-7-11(16)9-10/h5-7,9H,3-4,8H2,1-2H3,(H,18,19,20). The van der Waals surface area contributed by atoms with Gasteiger partial charge in [0.05, 0.1) is 9.26 Å². The Morgan fingerprint density at radius 3 is 2.70 bits per heavy atom. The highest BCUT2D eigenvalue weighted by molar-refractivity contribution is 14.1. The number of hydrogen-bond acceptors (Lipinski definition) is 3. The molecule has 0 unspecified atom stereocenters. The Balaban J connectivity index is 2.48. The zero-order chi connectivity index (χ0) is 14.5. The molecule has 2 aromatic rings. The van der Waals surface area contributed by atoms with Crippen LogP contribution in [0.25, 0.3) is 11.4 Å². The quantitative estimate of drug-likeness (QED) is 0.732. The lowest BCUT2D eigenvalue weighted by molar-refractivity contribution is 0.943. The van der Waals surface area contributed by atoms with Gasteiger partial charge in [-0.15, -0.1) is 0 Å². The monoisotopic (exact) mass is 401 g/mol. The van der Waals surface area contributed by atoms with Crippen LogP contribution >= 0.6 is 34.2 Å². The van der Waals surface area contributed by atoms with E-state index in [-0.39, 0.29) is 0 Å². The number of nitrogens with zero attached hydrogens (tertiary/aromatic N) is 2. The lowest BCUT2D eigenvalue weighted by Crippen LogP contribution is -2.08. The molecule has 0 aliphatic rings. The fourth-order valence-corrected chi connectivity index (χ4v) is 2.85. The molecule has 0 fully saturated rings. The second-order valence-corrected chi connectivity index (χ2v) is 5.96. The third-order valence-electron chi connectivity index (χ3n) is 2.88. The number of rotatable bonds is 5. The van der Waals surface area contributed by atoms with Crippen molar-refractivity contribution in [2.24, 2.45) is 0 Å². The summed E-state index contributed by atoms with van der Waals surface area (Å²) < 4.78 is 1.10. The van der Waals surface area contributed by atoms with Gasteiger partial charge < -0.3 is 5.32 Å². The third-order valence-corrected chi connectivity index (χ3v) is 4.25. The van der Waals surface area contributed by atoms with Crippen LogP contribution in [0.1, 0.15) is 26.0 Å². The highest BCUT2D eigenvalue weighted by atomic mass is 127. The van der Waals surface area contributed by atoms with Crippen LogP contribution in [0.5, 0.6) is 0 Å². The van der Waals surface area contributed by atoms with Crippen molar-refractivity contribution >= 4 is 40.0 Å². The molecule has 106 valence electrons. The number of aromatic nitrogens is 2. The van der Waals surface area contributed by atoms with E-state index in [9.17, 15) is 0 Å². The van der Waals surface area contributed by atoms with Gasteiger partial charge in [-0.2, -0.15) is 0 Å². The molecular weight excluding hydrogens is 385 g/mol. The van der Waals surface area contributed by atoms with E-state index in [4.69, 9.17) is 11.6 Å². The Hall–Kier alpha value is -0.880. The summed E-state index contributed by atoms with van der Waals surface area (Å²) in [6.45, 7) is 5.15. The maximum absolute atomic E-state index is 6.05. The van der Waals surface area contributed by atoms with Crippen molar-refractivity contribution in [2.45, 2.75) is 26.7 Å². The van der Waals surface area contributed by atoms with Crippen molar-refractivity contribution in [1.82, 2.24) is 9.97 Å². The minimum Gasteiger partial charge on any atom is -0.369 e. The van der Waals surface area contributed by atoms with E-state index in [1.165, 1.54) is 0 Å². The van der Waals surface area contributed by atoms with Crippen molar-refractivity contribution < 1.29 is 0 Å². The van der Waals surface area contributed by atoms with Crippen LogP contribution in [-0.2, 0) is 6.42 Å². The van der Waals surface area contributed by atoms with Gasteiger partial charge >= 0.3 is 0 Å². The molecule has 0 radical (unpaired) electrons. The van der Waals surface area contributed by atoms with Crippen molar-refractivity contribution in [1.29, 1.82) is 0 Å². The second kappa shape index (κ2) is 7.22. The normalized spacial score (nSPS) is 10.6. The topological polar surface area (TPSA) is 37.8 Å². The molecule has 5 heteroatoms. The van der Waals surface area contributed by atoms with Gasteiger partial charge in [-0.3, -0.25) is 0 Å². The van der Waals surface area contributed by atoms with E-state index in [2.05, 4.69) is 51.7 Å². The van der Waals surface area contributed by atoms with Gasteiger partial charge in [0.25, 0.3) is 0 Å². The van der Waals surface area contributed by atoms with Crippen LogP contribution in [0.3, 0.4) is 0 Å². The summed E-state index contributed by atoms with van der Waals surface area (Å²) in [6.07, 6.45) is 1.95. The van der Waals surface area contributed by atoms with Crippen molar-refractivity contribution in [3.05, 3.63) is 38.6 Å². The van der Waals surface area contributed by atoms with Gasteiger partial charge in [0.2, 0.25) is 0 Å². The van der Waals surface area contributed by atoms with Crippen LogP contribution < -0.4 is 5.32 Å². The summed E-state index contributed by atoms with van der Waals surface area (Å²) >= 11 is 8.36. The van der Waals surface area contributed by atoms with E-state index in [1.54, 1.807) is 0 Å². The largest absolute Gasteiger partial charge is 0.369 e. The minimum atomic E-state index is 0.700. The molecule has 0 spiro atoms. The SMILES string of the molecule is CCCNc1nc(-c2cccc(Cl)c2)nc(CC)c1I. The van der Waals surface area contributed by atoms with E-state index in [0.717, 1.165) is 45.9 Å². The number of aryl methyl sites for hydroxylation is 1. The first-order valence-corrected chi connectivity index (χ1v) is 8.17. The average Bonchev–Trinajstić information content (AvgIpc) is 2.46. The van der Waals surface area contributed by atoms with Crippen LogP contribution in [0, 0.1) is 3.57 Å². The first-order valence-electron chi connectivity index (χ1n) is 6.72. The molecule has 0 atom stereocenters. The number of halogens is 2. The Bertz CT molecular complexity index is 602. The highest BCUT2D eigenvalue weighted by Crippen LogP contribution is 2.25. The predicted octanol–water partition coefficient (Wildman–Crippen LogP) is 4.79. The van der Waals surface area contributed by atoms with Crippen molar-refractivity contribution in [3.8, 4) is 11.4 Å². The Labute approximate surface area is 138 Å².